The van der Waals surface area contributed by atoms with Crippen molar-refractivity contribution in [1.29, 1.82) is 0 Å². The maximum Gasteiger partial charge on any atom is 0.163 e. The molecule has 0 aromatic heterocycles. The molecule has 0 fully saturated rings. The Bertz CT molecular complexity index is 421. The first kappa shape index (κ1) is 17.2. The lowest BCUT2D eigenvalue weighted by Gasteiger charge is -2.31. The molecule has 0 unspecified atom stereocenters. The van der Waals surface area contributed by atoms with Gasteiger partial charge in [0.2, 0.25) is 0 Å². The second-order valence-corrected chi connectivity index (χ2v) is 5.13. The predicted molar refractivity (Wildman–Crippen MR) is 66.0 cm³/mol. The molecule has 0 aliphatic rings. The summed E-state index contributed by atoms with van der Waals surface area (Å²) in [6.45, 7) is 5.10. The van der Waals surface area contributed by atoms with Gasteiger partial charge in [-0.05, 0) is 11.5 Å². The summed E-state index contributed by atoms with van der Waals surface area (Å²) in [6.07, 6.45) is -1.11. The fourth-order valence-electron chi connectivity index (χ4n) is 1.53. The van der Waals surface area contributed by atoms with Gasteiger partial charge in [0.05, 0.1) is 12.1 Å². The summed E-state index contributed by atoms with van der Waals surface area (Å²) in [5, 5.41) is 9.88. The van der Waals surface area contributed by atoms with Crippen LogP contribution in [-0.4, -0.2) is 11.2 Å². The molecule has 104 valence electrons. The Morgan fingerprint density at radius 1 is 1.17 bits per heavy atom. The summed E-state index contributed by atoms with van der Waals surface area (Å²) < 4.78 is 39.4. The Balaban J connectivity index is 0.00000289. The molecular formula is C12H17ClF3NO. The topological polar surface area (TPSA) is 46.2 Å². The maximum absolute atomic E-state index is 13.4. The van der Waals surface area contributed by atoms with E-state index in [1.54, 1.807) is 20.8 Å². The van der Waals surface area contributed by atoms with E-state index in [-0.39, 0.29) is 18.0 Å². The van der Waals surface area contributed by atoms with Crippen molar-refractivity contribution in [2.75, 3.05) is 0 Å². The van der Waals surface area contributed by atoms with E-state index in [1.165, 1.54) is 0 Å². The van der Waals surface area contributed by atoms with E-state index in [0.29, 0.717) is 6.07 Å². The average molecular weight is 284 g/mol. The van der Waals surface area contributed by atoms with Gasteiger partial charge in [-0.15, -0.1) is 12.4 Å². The van der Waals surface area contributed by atoms with E-state index in [0.717, 1.165) is 6.07 Å². The summed E-state index contributed by atoms with van der Waals surface area (Å²) in [5.41, 5.74) is 4.67. The SMILES string of the molecule is CC(C)(C)[C@H](O)[C@H](N)c1cc(F)cc(F)c1F.Cl. The smallest absolute Gasteiger partial charge is 0.163 e. The number of nitrogens with two attached hydrogens (primary N) is 1. The summed E-state index contributed by atoms with van der Waals surface area (Å²) in [5.74, 6) is -3.45. The Morgan fingerprint density at radius 3 is 2.11 bits per heavy atom. The summed E-state index contributed by atoms with van der Waals surface area (Å²) in [7, 11) is 0. The Morgan fingerprint density at radius 2 is 1.67 bits per heavy atom. The first-order valence-electron chi connectivity index (χ1n) is 5.22. The highest BCUT2D eigenvalue weighted by Gasteiger charge is 2.31. The zero-order chi connectivity index (χ0) is 13.4. The van der Waals surface area contributed by atoms with E-state index in [1.807, 2.05) is 0 Å². The molecule has 1 aromatic rings. The summed E-state index contributed by atoms with van der Waals surface area (Å²) in [4.78, 5) is 0. The highest BCUT2D eigenvalue weighted by Crippen LogP contribution is 2.30. The second-order valence-electron chi connectivity index (χ2n) is 5.13. The van der Waals surface area contributed by atoms with Crippen molar-refractivity contribution in [3.05, 3.63) is 35.1 Å². The number of hydrogen-bond donors (Lipinski definition) is 2. The second kappa shape index (κ2) is 5.91. The van der Waals surface area contributed by atoms with Crippen LogP contribution in [-0.2, 0) is 0 Å². The fourth-order valence-corrected chi connectivity index (χ4v) is 1.53. The van der Waals surface area contributed by atoms with Crippen LogP contribution in [0.3, 0.4) is 0 Å². The van der Waals surface area contributed by atoms with Gasteiger partial charge >= 0.3 is 0 Å². The largest absolute Gasteiger partial charge is 0.391 e. The van der Waals surface area contributed by atoms with Crippen LogP contribution in [0, 0.1) is 22.9 Å². The summed E-state index contributed by atoms with van der Waals surface area (Å²) >= 11 is 0. The standard InChI is InChI=1S/C12H16F3NO.ClH/c1-12(2,3)11(17)10(16)7-4-6(13)5-8(14)9(7)15;/h4-5,10-11,17H,16H2,1-3H3;1H/t10-,11-;/m1./s1. The Labute approximate surface area is 110 Å². The quantitative estimate of drug-likeness (QED) is 0.820. The van der Waals surface area contributed by atoms with Crippen LogP contribution >= 0.6 is 12.4 Å². The van der Waals surface area contributed by atoms with Crippen LogP contribution in [0.4, 0.5) is 13.2 Å². The molecule has 0 amide bonds. The van der Waals surface area contributed by atoms with Crippen molar-refractivity contribution in [1.82, 2.24) is 0 Å². The number of hydrogen-bond acceptors (Lipinski definition) is 2. The van der Waals surface area contributed by atoms with Crippen molar-refractivity contribution in [3.8, 4) is 0 Å². The molecule has 0 spiro atoms. The van der Waals surface area contributed by atoms with Crippen LogP contribution in [0.15, 0.2) is 12.1 Å². The average Bonchev–Trinajstić information content (AvgIpc) is 2.20. The number of aliphatic hydroxyl groups excluding tert-OH is 1. The third-order valence-electron chi connectivity index (χ3n) is 2.61. The molecule has 3 N–H and O–H groups in total. The van der Waals surface area contributed by atoms with Gasteiger partial charge in [-0.2, -0.15) is 0 Å². The highest BCUT2D eigenvalue weighted by atomic mass is 35.5. The Hall–Kier alpha value is -0.780. The molecule has 0 radical (unpaired) electrons. The maximum atomic E-state index is 13.4. The van der Waals surface area contributed by atoms with Crippen LogP contribution < -0.4 is 5.73 Å². The number of aliphatic hydroxyl groups is 1. The zero-order valence-corrected chi connectivity index (χ0v) is 11.2. The minimum Gasteiger partial charge on any atom is -0.391 e. The molecule has 0 heterocycles. The van der Waals surface area contributed by atoms with Gasteiger partial charge in [-0.3, -0.25) is 0 Å². The van der Waals surface area contributed by atoms with Gasteiger partial charge in [0.15, 0.2) is 11.6 Å². The molecule has 6 heteroatoms. The van der Waals surface area contributed by atoms with Gasteiger partial charge in [0.1, 0.15) is 5.82 Å². The van der Waals surface area contributed by atoms with Crippen molar-refractivity contribution >= 4 is 12.4 Å². The van der Waals surface area contributed by atoms with Crippen LogP contribution in [0.1, 0.15) is 32.4 Å². The predicted octanol–water partition coefficient (Wildman–Crippen LogP) is 2.93. The first-order valence-corrected chi connectivity index (χ1v) is 5.22. The molecule has 1 aromatic carbocycles. The lowest BCUT2D eigenvalue weighted by Crippen LogP contribution is -2.37. The van der Waals surface area contributed by atoms with Gasteiger partial charge in [0, 0.05) is 11.6 Å². The molecule has 1 rings (SSSR count). The normalized spacial score (nSPS) is 14.9. The van der Waals surface area contributed by atoms with E-state index in [2.05, 4.69) is 0 Å². The van der Waals surface area contributed by atoms with Crippen molar-refractivity contribution in [3.63, 3.8) is 0 Å². The first-order chi connectivity index (χ1) is 7.64. The number of halogens is 4. The van der Waals surface area contributed by atoms with E-state index >= 15 is 0 Å². The van der Waals surface area contributed by atoms with Crippen LogP contribution in [0.2, 0.25) is 0 Å². The third kappa shape index (κ3) is 3.60. The van der Waals surface area contributed by atoms with Crippen LogP contribution in [0.25, 0.3) is 0 Å². The number of benzene rings is 1. The van der Waals surface area contributed by atoms with Gasteiger partial charge in [0.25, 0.3) is 0 Å². The summed E-state index contributed by atoms with van der Waals surface area (Å²) in [6, 6.07) is 0.0627. The lowest BCUT2D eigenvalue weighted by atomic mass is 9.82. The van der Waals surface area contributed by atoms with Crippen molar-refractivity contribution in [2.45, 2.75) is 32.9 Å². The molecule has 0 aliphatic carbocycles. The van der Waals surface area contributed by atoms with Gasteiger partial charge in [-0.1, -0.05) is 20.8 Å². The molecule has 0 saturated heterocycles. The fraction of sp³-hybridized carbons (Fsp3) is 0.500. The molecule has 0 saturated carbocycles. The molecule has 2 atom stereocenters. The van der Waals surface area contributed by atoms with Crippen molar-refractivity contribution < 1.29 is 18.3 Å². The zero-order valence-electron chi connectivity index (χ0n) is 10.4. The van der Waals surface area contributed by atoms with E-state index < -0.39 is 35.0 Å². The van der Waals surface area contributed by atoms with E-state index in [4.69, 9.17) is 5.73 Å². The van der Waals surface area contributed by atoms with Crippen molar-refractivity contribution in [2.24, 2.45) is 11.1 Å². The lowest BCUT2D eigenvalue weighted by molar-refractivity contribution is 0.0389. The van der Waals surface area contributed by atoms with Crippen LogP contribution in [0.5, 0.6) is 0 Å². The molecule has 2 nitrogen and oxygen atoms in total. The Kier molecular flexibility index (Phi) is 5.65. The van der Waals surface area contributed by atoms with Gasteiger partial charge < -0.3 is 10.8 Å². The highest BCUT2D eigenvalue weighted by molar-refractivity contribution is 5.85. The van der Waals surface area contributed by atoms with Gasteiger partial charge in [-0.25, -0.2) is 13.2 Å². The monoisotopic (exact) mass is 283 g/mol. The molecule has 0 bridgehead atoms. The van der Waals surface area contributed by atoms with E-state index in [9.17, 15) is 18.3 Å². The molecule has 0 aliphatic heterocycles. The molecule has 18 heavy (non-hydrogen) atoms. The minimum absolute atomic E-state index is 0. The number of rotatable bonds is 2. The minimum atomic E-state index is -1.31. The molecular weight excluding hydrogens is 267 g/mol. The third-order valence-corrected chi connectivity index (χ3v) is 2.61.